The zero-order chi connectivity index (χ0) is 43.9. The number of fused-ring (bicyclic) bond motifs is 2. The molecule has 0 spiro atoms. The van der Waals surface area contributed by atoms with Crippen LogP contribution in [0.5, 0.6) is 0 Å². The van der Waals surface area contributed by atoms with Crippen LogP contribution in [0.1, 0.15) is 20.7 Å². The zero-order valence-corrected chi connectivity index (χ0v) is 37.1. The van der Waals surface area contributed by atoms with Gasteiger partial charge in [-0.2, -0.15) is 0 Å². The molecule has 0 bridgehead atoms. The molecule has 2 aliphatic rings. The second-order valence-corrected chi connectivity index (χ2v) is 16.6. The van der Waals surface area contributed by atoms with Gasteiger partial charge in [0, 0.05) is 73.9 Å². The van der Waals surface area contributed by atoms with E-state index in [1.54, 1.807) is 26.4 Å². The number of nitrogens with two attached hydrogens (primary N) is 1. The highest BCUT2D eigenvalue weighted by molar-refractivity contribution is 7.09. The standard InChI is InChI=1S/C18H18N6O3S.C11H13N5.C6H7NO2S.C2Cl4O/c1-27-16(25)12-10-28-11-15(12)20-18(26)24-8-6-23(7-9-24)17-19-13-4-2-3-5-14(13)21-22-17;1-2-4-10-9(3-1)13-11(15-14-10)16-7-5-12-6-8-16;1-9-6(8)4-2-10-3-5(4)7;3-1(7)2(4,5)6/h2-5,10-11H,6-9H2,1H3,(H,20,26);1-4,12H,5-8H2;2-3H,7H2,1H3;. The van der Waals surface area contributed by atoms with Crippen LogP contribution in [-0.4, -0.2) is 129 Å². The van der Waals surface area contributed by atoms with Gasteiger partial charge in [-0.15, -0.1) is 43.1 Å². The summed E-state index contributed by atoms with van der Waals surface area (Å²) in [4.78, 5) is 59.9. The number of alkyl halides is 3. The number of nitrogens with one attached hydrogen (secondary N) is 2. The van der Waals surface area contributed by atoms with E-state index in [9.17, 15) is 19.2 Å². The van der Waals surface area contributed by atoms with Crippen LogP contribution < -0.4 is 26.2 Å². The Kier molecular flexibility index (Phi) is 17.3. The molecule has 0 saturated carbocycles. The van der Waals surface area contributed by atoms with Crippen molar-refractivity contribution >= 4 is 138 Å². The Bertz CT molecular complexity index is 2420. The van der Waals surface area contributed by atoms with Crippen molar-refractivity contribution in [3.8, 4) is 0 Å². The summed E-state index contributed by atoms with van der Waals surface area (Å²) < 4.78 is 7.24. The van der Waals surface area contributed by atoms with Gasteiger partial charge in [0.05, 0.1) is 47.8 Å². The number of esters is 2. The minimum Gasteiger partial charge on any atom is -0.465 e. The second kappa shape index (κ2) is 22.6. The number of para-hydroxylation sites is 2. The predicted octanol–water partition coefficient (Wildman–Crippen LogP) is 5.90. The molecule has 0 unspecified atom stereocenters. The van der Waals surface area contributed by atoms with Crippen LogP contribution in [0.2, 0.25) is 0 Å². The number of hydrogen-bond donors (Lipinski definition) is 3. The van der Waals surface area contributed by atoms with Gasteiger partial charge in [-0.25, -0.2) is 24.4 Å². The van der Waals surface area contributed by atoms with E-state index in [2.05, 4.69) is 50.6 Å². The Labute approximate surface area is 377 Å². The Morgan fingerprint density at radius 3 is 1.62 bits per heavy atom. The van der Waals surface area contributed by atoms with Crippen LogP contribution in [0.25, 0.3) is 22.1 Å². The topological polar surface area (TPSA) is 224 Å². The summed E-state index contributed by atoms with van der Waals surface area (Å²) in [5.41, 5.74) is 10.5. The van der Waals surface area contributed by atoms with Crippen LogP contribution in [0.4, 0.5) is 28.1 Å². The normalized spacial score (nSPS) is 13.7. The fourth-order valence-electron chi connectivity index (χ4n) is 5.43. The van der Waals surface area contributed by atoms with Gasteiger partial charge >= 0.3 is 18.0 Å². The number of nitrogens with zero attached hydrogens (tertiary/aromatic N) is 9. The molecule has 2 saturated heterocycles. The minimum absolute atomic E-state index is 0.249. The van der Waals surface area contributed by atoms with Crippen molar-refractivity contribution in [2.75, 3.05) is 87.4 Å². The lowest BCUT2D eigenvalue weighted by atomic mass is 10.3. The molecule has 2 aromatic carbocycles. The number of hydrogen-bond acceptors (Lipinski definition) is 18. The SMILES string of the molecule is COC(=O)c1cscc1N.COC(=O)c1cscc1NC(=O)N1CCN(c2nnc3ccccc3n2)CC1.O=C(Cl)C(Cl)(Cl)Cl.c1ccc2nc(N3CCNCC3)nnc2c1. The number of piperazine rings is 2. The molecule has 4 N–H and O–H groups in total. The number of methoxy groups -OCH3 is 2. The Hall–Kier alpha value is -5.22. The molecule has 6 aromatic rings. The first-order chi connectivity index (χ1) is 29.3. The van der Waals surface area contributed by atoms with Gasteiger partial charge < -0.3 is 40.5 Å². The number of urea groups is 1. The van der Waals surface area contributed by atoms with Gasteiger partial charge in [-0.3, -0.25) is 4.79 Å². The molecule has 8 rings (SSSR count). The molecule has 2 amide bonds. The fraction of sp³-hybridized carbons (Fsp3) is 0.297. The summed E-state index contributed by atoms with van der Waals surface area (Å²) in [5, 5.41) is 28.6. The number of amides is 2. The van der Waals surface area contributed by atoms with Crippen molar-refractivity contribution in [3.63, 3.8) is 0 Å². The highest BCUT2D eigenvalue weighted by Crippen LogP contribution is 2.28. The minimum atomic E-state index is -1.96. The molecule has 24 heteroatoms. The largest absolute Gasteiger partial charge is 0.465 e. The predicted molar refractivity (Wildman–Crippen MR) is 239 cm³/mol. The van der Waals surface area contributed by atoms with Gasteiger partial charge in [0.2, 0.25) is 11.9 Å². The number of halogens is 4. The molecule has 322 valence electrons. The highest BCUT2D eigenvalue weighted by atomic mass is 35.6. The molecule has 4 aromatic heterocycles. The van der Waals surface area contributed by atoms with Crippen LogP contribution in [-0.2, 0) is 14.3 Å². The number of rotatable bonds is 5. The Morgan fingerprint density at radius 2 is 1.15 bits per heavy atom. The van der Waals surface area contributed by atoms with E-state index in [1.165, 1.54) is 36.9 Å². The first-order valence-electron chi connectivity index (χ1n) is 18.1. The summed E-state index contributed by atoms with van der Waals surface area (Å²) in [6, 6.07) is 15.1. The van der Waals surface area contributed by atoms with E-state index >= 15 is 0 Å². The maximum Gasteiger partial charge on any atom is 0.340 e. The number of carbonyl (C=O) groups excluding carboxylic acids is 4. The fourth-order valence-corrected chi connectivity index (χ4v) is 6.88. The van der Waals surface area contributed by atoms with Crippen LogP contribution >= 0.6 is 69.1 Å². The molecule has 18 nitrogen and oxygen atoms in total. The highest BCUT2D eigenvalue weighted by Gasteiger charge is 2.28. The average molecular weight is 953 g/mol. The average Bonchev–Trinajstić information content (AvgIpc) is 3.94. The Balaban J connectivity index is 0.000000178. The van der Waals surface area contributed by atoms with E-state index in [4.69, 9.17) is 56.9 Å². The lowest BCUT2D eigenvalue weighted by Gasteiger charge is -2.34. The molecule has 61 heavy (non-hydrogen) atoms. The summed E-state index contributed by atoms with van der Waals surface area (Å²) in [7, 11) is 2.65. The maximum absolute atomic E-state index is 12.6. The monoisotopic (exact) mass is 950 g/mol. The lowest BCUT2D eigenvalue weighted by Crippen LogP contribution is -2.50. The molecule has 2 aliphatic heterocycles. The van der Waals surface area contributed by atoms with Crippen molar-refractivity contribution < 1.29 is 28.7 Å². The quantitative estimate of drug-likeness (QED) is 0.104. The first-order valence-corrected chi connectivity index (χ1v) is 21.4. The molecule has 2 fully saturated rings. The van der Waals surface area contributed by atoms with Crippen LogP contribution in [0.15, 0.2) is 70.1 Å². The third-order valence-corrected chi connectivity index (χ3v) is 11.2. The number of aromatic nitrogens is 6. The van der Waals surface area contributed by atoms with Gasteiger partial charge in [-0.05, 0) is 35.9 Å². The molecular weight excluding hydrogens is 914 g/mol. The third-order valence-electron chi connectivity index (χ3n) is 8.58. The number of ether oxygens (including phenoxy) is 2. The van der Waals surface area contributed by atoms with Gasteiger partial charge in [0.1, 0.15) is 11.0 Å². The molecule has 0 aliphatic carbocycles. The van der Waals surface area contributed by atoms with Crippen molar-refractivity contribution in [1.82, 2.24) is 40.6 Å². The summed E-state index contributed by atoms with van der Waals surface area (Å²) in [6.45, 7) is 6.08. The van der Waals surface area contributed by atoms with Crippen molar-refractivity contribution in [3.05, 3.63) is 81.2 Å². The number of anilines is 4. The van der Waals surface area contributed by atoms with Crippen molar-refractivity contribution in [2.45, 2.75) is 3.79 Å². The summed E-state index contributed by atoms with van der Waals surface area (Å²) >= 11 is 22.2. The number of nitrogen functional groups attached to an aromatic ring is 1. The summed E-state index contributed by atoms with van der Waals surface area (Å²) in [5.74, 6) is 0.450. The lowest BCUT2D eigenvalue weighted by molar-refractivity contribution is -0.110. The molecule has 6 heterocycles. The zero-order valence-electron chi connectivity index (χ0n) is 32.5. The van der Waals surface area contributed by atoms with E-state index in [1.807, 2.05) is 53.4 Å². The summed E-state index contributed by atoms with van der Waals surface area (Å²) in [6.07, 6.45) is 0. The molecule has 0 atom stereocenters. The van der Waals surface area contributed by atoms with Gasteiger partial charge in [0.15, 0.2) is 0 Å². The molecule has 0 radical (unpaired) electrons. The van der Waals surface area contributed by atoms with Crippen LogP contribution in [0, 0.1) is 0 Å². The second-order valence-electron chi connectivity index (χ2n) is 12.5. The smallest absolute Gasteiger partial charge is 0.340 e. The number of carbonyl (C=O) groups is 4. The van der Waals surface area contributed by atoms with Crippen LogP contribution in [0.3, 0.4) is 0 Å². The first kappa shape index (κ1) is 46.8. The maximum atomic E-state index is 12.6. The van der Waals surface area contributed by atoms with E-state index < -0.39 is 15.0 Å². The van der Waals surface area contributed by atoms with Gasteiger partial charge in [-0.1, -0.05) is 59.1 Å². The van der Waals surface area contributed by atoms with Crippen molar-refractivity contribution in [2.24, 2.45) is 0 Å². The van der Waals surface area contributed by atoms with E-state index in [-0.39, 0.29) is 12.0 Å². The number of benzene rings is 2. The Morgan fingerprint density at radius 1 is 0.689 bits per heavy atom. The van der Waals surface area contributed by atoms with E-state index in [0.717, 1.165) is 54.2 Å². The third kappa shape index (κ3) is 13.4. The van der Waals surface area contributed by atoms with E-state index in [0.29, 0.717) is 54.6 Å². The molecular formula is C37H38Cl4N12O6S2. The van der Waals surface area contributed by atoms with Crippen molar-refractivity contribution in [1.29, 1.82) is 0 Å². The number of thiophene rings is 2. The van der Waals surface area contributed by atoms with Gasteiger partial charge in [0.25, 0.3) is 9.03 Å².